The third kappa shape index (κ3) is 5.03. The highest BCUT2D eigenvalue weighted by atomic mass is 16.2. The Hall–Kier alpha value is -4.53. The maximum Gasteiger partial charge on any atom is 0.229 e. The van der Waals surface area contributed by atoms with E-state index in [1.165, 1.54) is 0 Å². The highest BCUT2D eigenvalue weighted by Crippen LogP contribution is 2.27. The number of amides is 2. The molecule has 0 spiro atoms. The molecule has 1 fully saturated rings. The highest BCUT2D eigenvalue weighted by Gasteiger charge is 2.35. The summed E-state index contributed by atoms with van der Waals surface area (Å²) in [5.74, 6) is 1.33. The second-order valence-electron chi connectivity index (χ2n) is 8.54. The van der Waals surface area contributed by atoms with Crippen LogP contribution in [0, 0.1) is 19.8 Å². The Morgan fingerprint density at radius 3 is 2.46 bits per heavy atom. The molecule has 0 unspecified atom stereocenters. The average molecular weight is 468 g/mol. The fraction of sp³-hybridized carbons (Fsp3) is 0.192. The smallest absolute Gasteiger partial charge is 0.229 e. The van der Waals surface area contributed by atoms with Crippen LogP contribution in [0.4, 0.5) is 22.9 Å². The zero-order valence-electron chi connectivity index (χ0n) is 19.5. The Morgan fingerprint density at radius 2 is 1.74 bits per heavy atom. The normalized spacial score (nSPS) is 15.3. The van der Waals surface area contributed by atoms with Gasteiger partial charge >= 0.3 is 0 Å². The first-order chi connectivity index (χ1) is 16.9. The molecule has 0 saturated carbocycles. The van der Waals surface area contributed by atoms with E-state index >= 15 is 0 Å². The molecule has 1 saturated heterocycles. The number of hydrogen-bond donors (Lipinski definition) is 2. The number of aryl methyl sites for hydroxylation is 2. The molecule has 176 valence electrons. The number of nitrogens with one attached hydrogen (secondary N) is 2. The van der Waals surface area contributed by atoms with Crippen molar-refractivity contribution in [2.24, 2.45) is 5.92 Å². The SMILES string of the molecule is Cc1ccc(N2C[C@@H](C(=O)Nc3ccc(Nc4cc(-n5cccn5)nc(C)n4)cc3)CC2=O)cc1. The molecule has 0 radical (unpaired) electrons. The summed E-state index contributed by atoms with van der Waals surface area (Å²) in [7, 11) is 0. The molecule has 1 aliphatic heterocycles. The maximum atomic E-state index is 12.8. The molecule has 2 N–H and O–H groups in total. The Labute approximate surface area is 202 Å². The van der Waals surface area contributed by atoms with E-state index in [1.807, 2.05) is 80.7 Å². The van der Waals surface area contributed by atoms with Crippen LogP contribution in [-0.2, 0) is 9.59 Å². The third-order valence-corrected chi connectivity index (χ3v) is 5.83. The van der Waals surface area contributed by atoms with Crippen molar-refractivity contribution in [1.82, 2.24) is 19.7 Å². The summed E-state index contributed by atoms with van der Waals surface area (Å²) >= 11 is 0. The highest BCUT2D eigenvalue weighted by molar-refractivity contribution is 6.03. The number of rotatable bonds is 6. The minimum atomic E-state index is -0.397. The van der Waals surface area contributed by atoms with Gasteiger partial charge in [-0.15, -0.1) is 0 Å². The molecule has 5 rings (SSSR count). The summed E-state index contributed by atoms with van der Waals surface area (Å²) in [4.78, 5) is 35.8. The number of hydrogen-bond acceptors (Lipinski definition) is 6. The fourth-order valence-electron chi connectivity index (χ4n) is 4.02. The number of anilines is 4. The van der Waals surface area contributed by atoms with Crippen LogP contribution < -0.4 is 15.5 Å². The van der Waals surface area contributed by atoms with Gasteiger partial charge in [0.1, 0.15) is 11.6 Å². The molecule has 2 amide bonds. The molecule has 2 aromatic carbocycles. The molecule has 35 heavy (non-hydrogen) atoms. The summed E-state index contributed by atoms with van der Waals surface area (Å²) in [5.41, 5.74) is 3.43. The van der Waals surface area contributed by atoms with Crippen molar-refractivity contribution in [1.29, 1.82) is 0 Å². The molecule has 3 heterocycles. The van der Waals surface area contributed by atoms with E-state index in [-0.39, 0.29) is 18.2 Å². The van der Waals surface area contributed by atoms with E-state index < -0.39 is 5.92 Å². The van der Waals surface area contributed by atoms with Gasteiger partial charge < -0.3 is 15.5 Å². The van der Waals surface area contributed by atoms with Gasteiger partial charge in [0.25, 0.3) is 0 Å². The van der Waals surface area contributed by atoms with Crippen LogP contribution in [0.5, 0.6) is 0 Å². The molecule has 9 nitrogen and oxygen atoms in total. The van der Waals surface area contributed by atoms with Crippen molar-refractivity contribution in [2.75, 3.05) is 22.1 Å². The van der Waals surface area contributed by atoms with Crippen LogP contribution in [0.25, 0.3) is 5.82 Å². The summed E-state index contributed by atoms with van der Waals surface area (Å²) in [6.45, 7) is 4.20. The van der Waals surface area contributed by atoms with Gasteiger partial charge in [-0.1, -0.05) is 17.7 Å². The lowest BCUT2D eigenvalue weighted by Crippen LogP contribution is -2.28. The number of nitrogens with zero attached hydrogens (tertiary/aromatic N) is 5. The second kappa shape index (κ2) is 9.38. The molecule has 2 aromatic heterocycles. The predicted molar refractivity (Wildman–Crippen MR) is 134 cm³/mol. The minimum absolute atomic E-state index is 0.0387. The Balaban J connectivity index is 1.22. The van der Waals surface area contributed by atoms with Gasteiger partial charge in [-0.2, -0.15) is 5.10 Å². The van der Waals surface area contributed by atoms with Crippen molar-refractivity contribution in [3.63, 3.8) is 0 Å². The van der Waals surface area contributed by atoms with Gasteiger partial charge in [-0.3, -0.25) is 9.59 Å². The zero-order valence-corrected chi connectivity index (χ0v) is 19.5. The lowest BCUT2D eigenvalue weighted by Gasteiger charge is -2.17. The monoisotopic (exact) mass is 467 g/mol. The maximum absolute atomic E-state index is 12.8. The van der Waals surface area contributed by atoms with Crippen molar-refractivity contribution in [3.8, 4) is 5.82 Å². The van der Waals surface area contributed by atoms with Crippen LogP contribution in [0.2, 0.25) is 0 Å². The van der Waals surface area contributed by atoms with Crippen LogP contribution in [0.3, 0.4) is 0 Å². The molecule has 4 aromatic rings. The fourth-order valence-corrected chi connectivity index (χ4v) is 4.02. The quantitative estimate of drug-likeness (QED) is 0.444. The van der Waals surface area contributed by atoms with Crippen LogP contribution >= 0.6 is 0 Å². The third-order valence-electron chi connectivity index (χ3n) is 5.83. The molecular formula is C26H25N7O2. The molecule has 1 atom stereocenters. The second-order valence-corrected chi connectivity index (χ2v) is 8.54. The first-order valence-corrected chi connectivity index (χ1v) is 11.4. The molecule has 9 heteroatoms. The predicted octanol–water partition coefficient (Wildman–Crippen LogP) is 4.01. The summed E-state index contributed by atoms with van der Waals surface area (Å²) in [6.07, 6.45) is 3.71. The average Bonchev–Trinajstić information content (AvgIpc) is 3.51. The Bertz CT molecular complexity index is 1350. The molecule has 0 aliphatic carbocycles. The Morgan fingerprint density at radius 1 is 1.00 bits per heavy atom. The number of aromatic nitrogens is 4. The first kappa shape index (κ1) is 22.3. The first-order valence-electron chi connectivity index (χ1n) is 11.4. The molecule has 1 aliphatic rings. The van der Waals surface area contributed by atoms with Crippen LogP contribution in [0.15, 0.2) is 73.1 Å². The van der Waals surface area contributed by atoms with E-state index in [1.54, 1.807) is 15.8 Å². The van der Waals surface area contributed by atoms with E-state index in [0.717, 1.165) is 16.9 Å². The van der Waals surface area contributed by atoms with Crippen LogP contribution in [0.1, 0.15) is 17.8 Å². The van der Waals surface area contributed by atoms with Gasteiger partial charge in [0.2, 0.25) is 11.8 Å². The summed E-state index contributed by atoms with van der Waals surface area (Å²) in [5, 5.41) is 10.4. The van der Waals surface area contributed by atoms with Crippen molar-refractivity contribution >= 4 is 34.7 Å². The largest absolute Gasteiger partial charge is 0.340 e. The van der Waals surface area contributed by atoms with Gasteiger partial charge in [0.05, 0.1) is 5.92 Å². The van der Waals surface area contributed by atoms with Crippen molar-refractivity contribution in [3.05, 3.63) is 84.4 Å². The van der Waals surface area contributed by atoms with Crippen molar-refractivity contribution < 1.29 is 9.59 Å². The number of carbonyl (C=O) groups is 2. The van der Waals surface area contributed by atoms with Crippen LogP contribution in [-0.4, -0.2) is 38.1 Å². The topological polar surface area (TPSA) is 105 Å². The molecular weight excluding hydrogens is 442 g/mol. The lowest BCUT2D eigenvalue weighted by molar-refractivity contribution is -0.122. The summed E-state index contributed by atoms with van der Waals surface area (Å²) in [6, 6.07) is 18.8. The minimum Gasteiger partial charge on any atom is -0.340 e. The Kier molecular flexibility index (Phi) is 5.97. The van der Waals surface area contributed by atoms with Crippen molar-refractivity contribution in [2.45, 2.75) is 20.3 Å². The molecule has 0 bridgehead atoms. The number of carbonyl (C=O) groups excluding carboxylic acids is 2. The number of benzene rings is 2. The summed E-state index contributed by atoms with van der Waals surface area (Å²) < 4.78 is 1.67. The van der Waals surface area contributed by atoms with Gasteiger partial charge in [0, 0.05) is 48.5 Å². The zero-order chi connectivity index (χ0) is 24.4. The lowest BCUT2D eigenvalue weighted by atomic mass is 10.1. The van der Waals surface area contributed by atoms with Gasteiger partial charge in [-0.05, 0) is 56.3 Å². The van der Waals surface area contributed by atoms with E-state index in [0.29, 0.717) is 29.7 Å². The van der Waals surface area contributed by atoms with E-state index in [9.17, 15) is 9.59 Å². The van der Waals surface area contributed by atoms with Gasteiger partial charge in [-0.25, -0.2) is 14.6 Å². The van der Waals surface area contributed by atoms with E-state index in [4.69, 9.17) is 0 Å². The van der Waals surface area contributed by atoms with E-state index in [2.05, 4.69) is 25.7 Å². The standard InChI is InChI=1S/C26H25N7O2/c1-17-4-10-22(11-5-17)32-16-19(14-25(32)34)26(35)31-21-8-6-20(7-9-21)30-23-15-24(29-18(2)28-23)33-13-3-12-27-33/h3-13,15,19H,14,16H2,1-2H3,(H,31,35)(H,28,29,30)/t19-/m0/s1. The van der Waals surface area contributed by atoms with Gasteiger partial charge in [0.15, 0.2) is 5.82 Å².